The van der Waals surface area contributed by atoms with Crippen molar-refractivity contribution in [2.24, 2.45) is 0 Å². The molecule has 0 bridgehead atoms. The van der Waals surface area contributed by atoms with Crippen LogP contribution in [0.5, 0.6) is 0 Å². The highest BCUT2D eigenvalue weighted by Crippen LogP contribution is 2.29. The van der Waals surface area contributed by atoms with E-state index in [0.717, 1.165) is 40.5 Å². The first-order chi connectivity index (χ1) is 9.11. The van der Waals surface area contributed by atoms with Gasteiger partial charge < -0.3 is 9.73 Å². The van der Waals surface area contributed by atoms with Crippen molar-refractivity contribution >= 4 is 21.7 Å². The van der Waals surface area contributed by atoms with Crippen LogP contribution in [-0.4, -0.2) is 16.5 Å². The number of furan rings is 1. The van der Waals surface area contributed by atoms with Crippen LogP contribution < -0.4 is 5.32 Å². The monoisotopic (exact) mass is 323 g/mol. The Morgan fingerprint density at radius 3 is 2.74 bits per heavy atom. The Morgan fingerprint density at radius 1 is 1.37 bits per heavy atom. The smallest absolute Gasteiger partial charge is 0.166 e. The van der Waals surface area contributed by atoms with E-state index in [-0.39, 0.29) is 5.92 Å². The second kappa shape index (κ2) is 6.19. The van der Waals surface area contributed by atoms with Gasteiger partial charge in [0, 0.05) is 18.5 Å². The van der Waals surface area contributed by atoms with E-state index in [1.54, 1.807) is 6.26 Å². The van der Waals surface area contributed by atoms with E-state index in [2.05, 4.69) is 52.0 Å². The first kappa shape index (κ1) is 14.1. The number of rotatable bonds is 5. The molecule has 0 atom stereocenters. The zero-order valence-electron chi connectivity index (χ0n) is 11.4. The Bertz CT molecular complexity index is 551. The Hall–Kier alpha value is -1.36. The molecule has 4 nitrogen and oxygen atoms in total. The predicted molar refractivity (Wildman–Crippen MR) is 80.3 cm³/mol. The number of anilines is 1. The molecule has 102 valence electrons. The highest BCUT2D eigenvalue weighted by molar-refractivity contribution is 9.10. The van der Waals surface area contributed by atoms with Crippen molar-refractivity contribution in [3.05, 3.63) is 28.7 Å². The van der Waals surface area contributed by atoms with Gasteiger partial charge in [-0.2, -0.15) is 0 Å². The number of nitrogens with zero attached hydrogens (tertiary/aromatic N) is 2. The van der Waals surface area contributed by atoms with Crippen molar-refractivity contribution in [2.45, 2.75) is 33.1 Å². The zero-order valence-corrected chi connectivity index (χ0v) is 13.0. The highest BCUT2D eigenvalue weighted by atomic mass is 79.9. The average molecular weight is 324 g/mol. The van der Waals surface area contributed by atoms with Crippen LogP contribution in [0, 0.1) is 0 Å². The normalized spacial score (nSPS) is 11.0. The second-order valence-corrected chi connectivity index (χ2v) is 5.53. The zero-order chi connectivity index (χ0) is 13.8. The minimum Gasteiger partial charge on any atom is -0.461 e. The van der Waals surface area contributed by atoms with E-state index in [1.165, 1.54) is 0 Å². The molecule has 0 fully saturated rings. The predicted octanol–water partition coefficient (Wildman–Crippen LogP) is 4.44. The van der Waals surface area contributed by atoms with Gasteiger partial charge in [-0.25, -0.2) is 9.97 Å². The topological polar surface area (TPSA) is 51.0 Å². The van der Waals surface area contributed by atoms with E-state index < -0.39 is 0 Å². The molecule has 0 saturated carbocycles. The third-order valence-corrected chi connectivity index (χ3v) is 3.29. The Morgan fingerprint density at radius 2 is 2.16 bits per heavy atom. The van der Waals surface area contributed by atoms with Gasteiger partial charge in [0.05, 0.1) is 10.7 Å². The summed E-state index contributed by atoms with van der Waals surface area (Å²) >= 11 is 3.47. The molecule has 0 aliphatic carbocycles. The first-order valence-corrected chi connectivity index (χ1v) is 7.27. The van der Waals surface area contributed by atoms with Crippen LogP contribution in [0.2, 0.25) is 0 Å². The van der Waals surface area contributed by atoms with E-state index in [9.17, 15) is 0 Å². The van der Waals surface area contributed by atoms with Crippen LogP contribution in [0.4, 0.5) is 5.82 Å². The Balaban J connectivity index is 2.42. The molecule has 0 radical (unpaired) electrons. The quantitative estimate of drug-likeness (QED) is 0.883. The van der Waals surface area contributed by atoms with Gasteiger partial charge in [0.1, 0.15) is 17.3 Å². The molecule has 2 heterocycles. The Kier molecular flexibility index (Phi) is 4.58. The summed E-state index contributed by atoms with van der Waals surface area (Å²) in [4.78, 5) is 9.10. The molecule has 0 saturated heterocycles. The van der Waals surface area contributed by atoms with Crippen molar-refractivity contribution in [3.63, 3.8) is 0 Å². The lowest BCUT2D eigenvalue weighted by molar-refractivity contribution is 0.577. The minimum absolute atomic E-state index is 0.274. The van der Waals surface area contributed by atoms with Crippen LogP contribution in [0.25, 0.3) is 11.5 Å². The standard InChI is InChI=1S/C14H18BrN3O/c1-4-6-16-12-8-11(13-10(15)5-7-19-13)17-14(18-12)9(2)3/h5,7-9H,4,6H2,1-3H3,(H,16,17,18). The van der Waals surface area contributed by atoms with Gasteiger partial charge in [0.25, 0.3) is 0 Å². The van der Waals surface area contributed by atoms with Crippen molar-refractivity contribution < 1.29 is 4.42 Å². The van der Waals surface area contributed by atoms with Crippen molar-refractivity contribution in [2.75, 3.05) is 11.9 Å². The van der Waals surface area contributed by atoms with Gasteiger partial charge in [-0.1, -0.05) is 20.8 Å². The molecule has 0 aliphatic rings. The molecule has 0 aromatic carbocycles. The molecule has 0 aliphatic heterocycles. The summed E-state index contributed by atoms with van der Waals surface area (Å²) in [7, 11) is 0. The van der Waals surface area contributed by atoms with Crippen LogP contribution in [0.15, 0.2) is 27.3 Å². The van der Waals surface area contributed by atoms with Crippen LogP contribution in [0.1, 0.15) is 38.9 Å². The number of hydrogen-bond acceptors (Lipinski definition) is 4. The van der Waals surface area contributed by atoms with E-state index in [1.807, 2.05) is 12.1 Å². The fourth-order valence-corrected chi connectivity index (χ4v) is 2.07. The van der Waals surface area contributed by atoms with Crippen molar-refractivity contribution in [3.8, 4) is 11.5 Å². The molecular weight excluding hydrogens is 306 g/mol. The molecular formula is C14H18BrN3O. The number of nitrogens with one attached hydrogen (secondary N) is 1. The van der Waals surface area contributed by atoms with Crippen LogP contribution >= 0.6 is 15.9 Å². The molecule has 19 heavy (non-hydrogen) atoms. The summed E-state index contributed by atoms with van der Waals surface area (Å²) in [6, 6.07) is 3.79. The van der Waals surface area contributed by atoms with E-state index in [0.29, 0.717) is 0 Å². The maximum Gasteiger partial charge on any atom is 0.166 e. The van der Waals surface area contributed by atoms with Gasteiger partial charge >= 0.3 is 0 Å². The summed E-state index contributed by atoms with van der Waals surface area (Å²) in [5.74, 6) is 2.68. The molecule has 2 aromatic heterocycles. The van der Waals surface area contributed by atoms with Gasteiger partial charge in [0.15, 0.2) is 5.76 Å². The second-order valence-electron chi connectivity index (χ2n) is 4.68. The third-order valence-electron chi connectivity index (χ3n) is 2.67. The fraction of sp³-hybridized carbons (Fsp3) is 0.429. The molecule has 0 unspecified atom stereocenters. The summed E-state index contributed by atoms with van der Waals surface area (Å²) < 4.78 is 6.38. The number of hydrogen-bond donors (Lipinski definition) is 1. The maximum atomic E-state index is 5.48. The molecule has 2 rings (SSSR count). The maximum absolute atomic E-state index is 5.48. The SMILES string of the molecule is CCCNc1cc(-c2occc2Br)nc(C(C)C)n1. The van der Waals surface area contributed by atoms with Gasteiger partial charge in [-0.05, 0) is 28.4 Å². The van der Waals surface area contributed by atoms with Gasteiger partial charge in [0.2, 0.25) is 0 Å². The van der Waals surface area contributed by atoms with Crippen molar-refractivity contribution in [1.82, 2.24) is 9.97 Å². The molecule has 1 N–H and O–H groups in total. The minimum atomic E-state index is 0.274. The highest BCUT2D eigenvalue weighted by Gasteiger charge is 2.13. The lowest BCUT2D eigenvalue weighted by Crippen LogP contribution is -2.07. The largest absolute Gasteiger partial charge is 0.461 e. The summed E-state index contributed by atoms with van der Waals surface area (Å²) in [5, 5.41) is 3.30. The molecule has 0 spiro atoms. The molecule has 2 aromatic rings. The molecule has 0 amide bonds. The summed E-state index contributed by atoms with van der Waals surface area (Å²) in [6.45, 7) is 7.19. The number of aromatic nitrogens is 2. The first-order valence-electron chi connectivity index (χ1n) is 6.48. The van der Waals surface area contributed by atoms with E-state index >= 15 is 0 Å². The lowest BCUT2D eigenvalue weighted by atomic mass is 10.2. The van der Waals surface area contributed by atoms with Crippen molar-refractivity contribution in [1.29, 1.82) is 0 Å². The van der Waals surface area contributed by atoms with Crippen LogP contribution in [-0.2, 0) is 0 Å². The Labute approximate surface area is 121 Å². The van der Waals surface area contributed by atoms with E-state index in [4.69, 9.17) is 4.42 Å². The average Bonchev–Trinajstić information content (AvgIpc) is 2.82. The summed E-state index contributed by atoms with van der Waals surface area (Å²) in [6.07, 6.45) is 2.70. The van der Waals surface area contributed by atoms with Gasteiger partial charge in [-0.3, -0.25) is 0 Å². The molecule has 5 heteroatoms. The fourth-order valence-electron chi connectivity index (χ4n) is 1.66. The number of halogens is 1. The van der Waals surface area contributed by atoms with Crippen LogP contribution in [0.3, 0.4) is 0 Å². The summed E-state index contributed by atoms with van der Waals surface area (Å²) in [5.41, 5.74) is 0.800. The lowest BCUT2D eigenvalue weighted by Gasteiger charge is -2.10. The van der Waals surface area contributed by atoms with Gasteiger partial charge in [-0.15, -0.1) is 0 Å². The third kappa shape index (κ3) is 3.35.